The first-order valence-corrected chi connectivity index (χ1v) is 10.8. The minimum Gasteiger partial charge on any atom is -0.508 e. The lowest BCUT2D eigenvalue weighted by Crippen LogP contribution is -2.36. The number of nitrogens with zero attached hydrogens (tertiary/aromatic N) is 1. The number of benzene rings is 3. The van der Waals surface area contributed by atoms with Gasteiger partial charge in [0.05, 0.1) is 0 Å². The molecule has 4 nitrogen and oxygen atoms in total. The molecule has 1 saturated carbocycles. The smallest absolute Gasteiger partial charge is 0.228 e. The van der Waals surface area contributed by atoms with Crippen molar-refractivity contribution in [1.29, 1.82) is 0 Å². The molecule has 2 N–H and O–H groups in total. The number of rotatable bonds is 4. The zero-order valence-electron chi connectivity index (χ0n) is 17.2. The van der Waals surface area contributed by atoms with E-state index in [1.807, 2.05) is 72.8 Å². The van der Waals surface area contributed by atoms with E-state index >= 15 is 0 Å². The number of aliphatic hydroxyl groups is 1. The molecule has 1 heterocycles. The molecule has 4 heteroatoms. The molecular weight excluding hydrogens is 386 g/mol. The zero-order chi connectivity index (χ0) is 21.3. The minimum atomic E-state index is -1.23. The van der Waals surface area contributed by atoms with E-state index in [9.17, 15) is 10.2 Å². The summed E-state index contributed by atoms with van der Waals surface area (Å²) < 4.78 is 6.36. The summed E-state index contributed by atoms with van der Waals surface area (Å²) in [6, 6.07) is 27.0. The fourth-order valence-corrected chi connectivity index (χ4v) is 4.68. The molecule has 156 valence electrons. The summed E-state index contributed by atoms with van der Waals surface area (Å²) in [4.78, 5) is 4.87. The first-order chi connectivity index (χ1) is 15.1. The van der Waals surface area contributed by atoms with Crippen molar-refractivity contribution in [3.63, 3.8) is 0 Å². The predicted octanol–water partition coefficient (Wildman–Crippen LogP) is 6.26. The second-order valence-corrected chi connectivity index (χ2v) is 8.25. The van der Waals surface area contributed by atoms with Gasteiger partial charge in [0, 0.05) is 17.0 Å². The molecule has 0 amide bonds. The van der Waals surface area contributed by atoms with E-state index in [0.29, 0.717) is 18.1 Å². The maximum Gasteiger partial charge on any atom is 0.228 e. The molecule has 31 heavy (non-hydrogen) atoms. The third kappa shape index (κ3) is 3.64. The summed E-state index contributed by atoms with van der Waals surface area (Å²) in [7, 11) is 0. The summed E-state index contributed by atoms with van der Waals surface area (Å²) in [6.07, 6.45) is 3.29. The molecular formula is C27H25NO3. The maximum absolute atomic E-state index is 11.9. The third-order valence-electron chi connectivity index (χ3n) is 6.23. The normalized spacial score (nSPS) is 21.1. The molecule has 0 saturated heterocycles. The van der Waals surface area contributed by atoms with Crippen LogP contribution in [0.1, 0.15) is 43.1 Å². The van der Waals surface area contributed by atoms with Gasteiger partial charge in [0.2, 0.25) is 5.89 Å². The van der Waals surface area contributed by atoms with Crippen LogP contribution in [0.4, 0.5) is 0 Å². The summed E-state index contributed by atoms with van der Waals surface area (Å²) in [5, 5.41) is 21.9. The van der Waals surface area contributed by atoms with Crippen molar-refractivity contribution in [3.8, 4) is 28.3 Å². The number of aromatic nitrogens is 1. The number of phenolic OH excluding ortho intramolecular Hbond substituents is 1. The van der Waals surface area contributed by atoms with Crippen molar-refractivity contribution in [2.45, 2.75) is 37.2 Å². The van der Waals surface area contributed by atoms with Crippen LogP contribution in [0.15, 0.2) is 89.3 Å². The second kappa shape index (κ2) is 8.05. The van der Waals surface area contributed by atoms with Gasteiger partial charge >= 0.3 is 0 Å². The van der Waals surface area contributed by atoms with Crippen LogP contribution in [0.2, 0.25) is 0 Å². The van der Waals surface area contributed by atoms with Gasteiger partial charge in [-0.2, -0.15) is 0 Å². The van der Waals surface area contributed by atoms with E-state index in [4.69, 9.17) is 9.40 Å². The van der Waals surface area contributed by atoms with E-state index in [0.717, 1.165) is 41.6 Å². The van der Waals surface area contributed by atoms with Gasteiger partial charge in [-0.05, 0) is 37.0 Å². The van der Waals surface area contributed by atoms with Gasteiger partial charge in [0.15, 0.2) is 5.76 Å². The molecule has 4 aromatic rings. The molecule has 0 radical (unpaired) electrons. The molecule has 0 bridgehead atoms. The minimum absolute atomic E-state index is 0.195. The van der Waals surface area contributed by atoms with Gasteiger partial charge < -0.3 is 14.6 Å². The Balaban J connectivity index is 1.66. The number of oxazole rings is 1. The Morgan fingerprint density at radius 3 is 2.26 bits per heavy atom. The van der Waals surface area contributed by atoms with Crippen LogP contribution in [0.25, 0.3) is 22.6 Å². The Morgan fingerprint density at radius 1 is 0.839 bits per heavy atom. The molecule has 3 aromatic carbocycles. The molecule has 5 rings (SSSR count). The topological polar surface area (TPSA) is 66.5 Å². The quantitative estimate of drug-likeness (QED) is 0.416. The summed E-state index contributed by atoms with van der Waals surface area (Å²) in [6.45, 7) is 0. The van der Waals surface area contributed by atoms with Crippen molar-refractivity contribution in [3.05, 3.63) is 96.4 Å². The monoisotopic (exact) mass is 411 g/mol. The van der Waals surface area contributed by atoms with E-state index in [1.54, 1.807) is 12.1 Å². The summed E-state index contributed by atoms with van der Waals surface area (Å²) >= 11 is 0. The van der Waals surface area contributed by atoms with E-state index in [-0.39, 0.29) is 11.7 Å². The van der Waals surface area contributed by atoms with Gasteiger partial charge in [-0.25, -0.2) is 4.98 Å². The average molecular weight is 412 g/mol. The summed E-state index contributed by atoms with van der Waals surface area (Å²) in [5.74, 6) is 1.01. The van der Waals surface area contributed by atoms with Crippen molar-refractivity contribution < 1.29 is 14.6 Å². The molecule has 1 aromatic heterocycles. The summed E-state index contributed by atoms with van der Waals surface area (Å²) in [5.41, 5.74) is 2.28. The first kappa shape index (κ1) is 19.6. The van der Waals surface area contributed by atoms with Crippen molar-refractivity contribution in [2.75, 3.05) is 0 Å². The van der Waals surface area contributed by atoms with Gasteiger partial charge in [-0.3, -0.25) is 0 Å². The molecule has 1 fully saturated rings. The Bertz CT molecular complexity index is 1110. The van der Waals surface area contributed by atoms with Crippen LogP contribution >= 0.6 is 0 Å². The zero-order valence-corrected chi connectivity index (χ0v) is 17.2. The highest BCUT2D eigenvalue weighted by Crippen LogP contribution is 2.49. The predicted molar refractivity (Wildman–Crippen MR) is 121 cm³/mol. The van der Waals surface area contributed by atoms with Crippen LogP contribution in [-0.4, -0.2) is 15.2 Å². The van der Waals surface area contributed by atoms with Crippen LogP contribution in [-0.2, 0) is 5.60 Å². The van der Waals surface area contributed by atoms with Crippen LogP contribution < -0.4 is 0 Å². The lowest BCUT2D eigenvalue weighted by molar-refractivity contribution is -0.0445. The number of aromatic hydroxyl groups is 1. The Hall–Kier alpha value is -3.37. The van der Waals surface area contributed by atoms with E-state index < -0.39 is 5.60 Å². The lowest BCUT2D eigenvalue weighted by atomic mass is 9.72. The highest BCUT2D eigenvalue weighted by atomic mass is 16.4. The standard InChI is InChI=1S/C27H25NO3/c29-22-15-9-14-21(18-22)23-16-7-8-17-27(23,30)26-28-24(19-10-3-1-4-11-19)25(31-26)20-12-5-2-6-13-20/h1-6,9-15,18,23,29-30H,7-8,16-17H2. The van der Waals surface area contributed by atoms with E-state index in [1.165, 1.54) is 0 Å². The molecule has 0 aliphatic heterocycles. The fraction of sp³-hybridized carbons (Fsp3) is 0.222. The Morgan fingerprint density at radius 2 is 1.55 bits per heavy atom. The van der Waals surface area contributed by atoms with E-state index in [2.05, 4.69) is 0 Å². The Labute approximate surface area is 181 Å². The van der Waals surface area contributed by atoms with Crippen molar-refractivity contribution in [1.82, 2.24) is 4.98 Å². The van der Waals surface area contributed by atoms with Crippen molar-refractivity contribution in [2.24, 2.45) is 0 Å². The number of hydrogen-bond acceptors (Lipinski definition) is 4. The van der Waals surface area contributed by atoms with Gasteiger partial charge in [0.25, 0.3) is 0 Å². The average Bonchev–Trinajstić information content (AvgIpc) is 3.27. The molecule has 1 aliphatic carbocycles. The molecule has 1 aliphatic rings. The van der Waals surface area contributed by atoms with Crippen LogP contribution in [0, 0.1) is 0 Å². The second-order valence-electron chi connectivity index (χ2n) is 8.25. The third-order valence-corrected chi connectivity index (χ3v) is 6.23. The van der Waals surface area contributed by atoms with Gasteiger partial charge in [0.1, 0.15) is 17.0 Å². The number of phenols is 1. The largest absolute Gasteiger partial charge is 0.508 e. The lowest BCUT2D eigenvalue weighted by Gasteiger charge is -2.38. The maximum atomic E-state index is 11.9. The molecule has 2 unspecified atom stereocenters. The molecule has 0 spiro atoms. The Kier molecular flexibility index (Phi) is 5.08. The molecule has 2 atom stereocenters. The SMILES string of the molecule is Oc1cccc(C2CCCCC2(O)c2nc(-c3ccccc3)c(-c3ccccc3)o2)c1. The number of hydrogen-bond donors (Lipinski definition) is 2. The van der Waals surface area contributed by atoms with Crippen LogP contribution in [0.3, 0.4) is 0 Å². The fourth-order valence-electron chi connectivity index (χ4n) is 4.68. The van der Waals surface area contributed by atoms with Gasteiger partial charge in [-0.1, -0.05) is 79.2 Å². The highest BCUT2D eigenvalue weighted by Gasteiger charge is 2.46. The van der Waals surface area contributed by atoms with Crippen LogP contribution in [0.5, 0.6) is 5.75 Å². The van der Waals surface area contributed by atoms with Gasteiger partial charge in [-0.15, -0.1) is 0 Å². The first-order valence-electron chi connectivity index (χ1n) is 10.8. The highest BCUT2D eigenvalue weighted by molar-refractivity contribution is 5.76. The van der Waals surface area contributed by atoms with Crippen molar-refractivity contribution >= 4 is 0 Å².